The van der Waals surface area contributed by atoms with Crippen molar-refractivity contribution in [3.8, 4) is 0 Å². The number of ether oxygens (including phenoxy) is 1. The van der Waals surface area contributed by atoms with Gasteiger partial charge < -0.3 is 15.4 Å². The molecule has 1 aromatic carbocycles. The van der Waals surface area contributed by atoms with Crippen molar-refractivity contribution in [1.82, 2.24) is 4.90 Å². The van der Waals surface area contributed by atoms with Crippen molar-refractivity contribution in [3.05, 3.63) is 24.3 Å². The summed E-state index contributed by atoms with van der Waals surface area (Å²) in [7, 11) is 1.79. The van der Waals surface area contributed by atoms with Gasteiger partial charge in [0.05, 0.1) is 5.60 Å². The van der Waals surface area contributed by atoms with E-state index in [0.29, 0.717) is 0 Å². The first kappa shape index (κ1) is 15.1. The summed E-state index contributed by atoms with van der Waals surface area (Å²) in [5.74, 6) is 0. The van der Waals surface area contributed by atoms with E-state index in [1.807, 2.05) is 12.1 Å². The molecule has 1 aliphatic rings. The topological polar surface area (TPSA) is 41.7 Å². The van der Waals surface area contributed by atoms with E-state index < -0.39 is 0 Å². The molecule has 1 fully saturated rings. The maximum Gasteiger partial charge on any atom is 0.0634 e. The molecule has 0 bridgehead atoms. The molecule has 0 saturated carbocycles. The van der Waals surface area contributed by atoms with Gasteiger partial charge in [-0.2, -0.15) is 0 Å². The minimum atomic E-state index is -0.0198. The second kappa shape index (κ2) is 6.46. The Balaban J connectivity index is 1.79. The smallest absolute Gasteiger partial charge is 0.0634 e. The van der Waals surface area contributed by atoms with Gasteiger partial charge in [-0.25, -0.2) is 0 Å². The summed E-state index contributed by atoms with van der Waals surface area (Å²) < 4.78 is 5.48. The lowest BCUT2D eigenvalue weighted by molar-refractivity contribution is 0.00708. The van der Waals surface area contributed by atoms with E-state index in [9.17, 15) is 0 Å². The van der Waals surface area contributed by atoms with Gasteiger partial charge in [0.25, 0.3) is 0 Å². The van der Waals surface area contributed by atoms with Crippen LogP contribution >= 0.6 is 0 Å². The molecule has 112 valence electrons. The van der Waals surface area contributed by atoms with Crippen LogP contribution in [-0.4, -0.2) is 50.3 Å². The minimum Gasteiger partial charge on any atom is -0.399 e. The Bertz CT molecular complexity index is 408. The number of methoxy groups -OCH3 is 1. The molecule has 4 nitrogen and oxygen atoms in total. The van der Waals surface area contributed by atoms with Crippen LogP contribution in [0.15, 0.2) is 24.3 Å². The van der Waals surface area contributed by atoms with Gasteiger partial charge in [-0.1, -0.05) is 0 Å². The first-order chi connectivity index (χ1) is 9.50. The van der Waals surface area contributed by atoms with Crippen LogP contribution in [0.4, 0.5) is 11.4 Å². The zero-order chi connectivity index (χ0) is 14.6. The lowest BCUT2D eigenvalue weighted by Crippen LogP contribution is -2.47. The summed E-state index contributed by atoms with van der Waals surface area (Å²) in [5.41, 5.74) is 7.82. The van der Waals surface area contributed by atoms with Crippen molar-refractivity contribution in [1.29, 1.82) is 0 Å². The van der Waals surface area contributed by atoms with Crippen molar-refractivity contribution in [2.75, 3.05) is 50.5 Å². The monoisotopic (exact) mass is 277 g/mol. The Morgan fingerprint density at radius 2 is 1.70 bits per heavy atom. The van der Waals surface area contributed by atoms with Crippen LogP contribution in [0.2, 0.25) is 0 Å². The third-order valence-electron chi connectivity index (χ3n) is 4.21. The van der Waals surface area contributed by atoms with Crippen LogP contribution in [0.25, 0.3) is 0 Å². The molecule has 0 spiro atoms. The first-order valence-electron chi connectivity index (χ1n) is 7.38. The highest BCUT2D eigenvalue weighted by Crippen LogP contribution is 2.19. The average molecular weight is 277 g/mol. The number of hydrogen-bond donors (Lipinski definition) is 1. The number of rotatable bonds is 5. The standard InChI is InChI=1S/C16H27N3O/c1-16(2,20-3)8-9-18-10-12-19(13-11-18)15-6-4-14(17)5-7-15/h4-7H,8-13,17H2,1-3H3. The highest BCUT2D eigenvalue weighted by atomic mass is 16.5. The number of nitrogens with two attached hydrogens (primary N) is 1. The van der Waals surface area contributed by atoms with Crippen molar-refractivity contribution in [3.63, 3.8) is 0 Å². The van der Waals surface area contributed by atoms with Crippen molar-refractivity contribution in [2.24, 2.45) is 0 Å². The van der Waals surface area contributed by atoms with Gasteiger partial charge in [0.1, 0.15) is 0 Å². The maximum absolute atomic E-state index is 5.73. The van der Waals surface area contributed by atoms with Crippen LogP contribution in [-0.2, 0) is 4.74 Å². The zero-order valence-corrected chi connectivity index (χ0v) is 12.9. The normalized spacial score (nSPS) is 17.4. The van der Waals surface area contributed by atoms with E-state index in [4.69, 9.17) is 10.5 Å². The van der Waals surface area contributed by atoms with E-state index in [2.05, 4.69) is 35.8 Å². The third-order valence-corrected chi connectivity index (χ3v) is 4.21. The van der Waals surface area contributed by atoms with Gasteiger partial charge in [0, 0.05) is 51.2 Å². The Morgan fingerprint density at radius 1 is 1.10 bits per heavy atom. The Morgan fingerprint density at radius 3 is 2.25 bits per heavy atom. The SMILES string of the molecule is COC(C)(C)CCN1CCN(c2ccc(N)cc2)CC1. The molecule has 1 heterocycles. The molecule has 4 heteroatoms. The third kappa shape index (κ3) is 4.12. The quantitative estimate of drug-likeness (QED) is 0.838. The van der Waals surface area contributed by atoms with Gasteiger partial charge in [-0.15, -0.1) is 0 Å². The number of benzene rings is 1. The predicted molar refractivity (Wildman–Crippen MR) is 85.2 cm³/mol. The molecular weight excluding hydrogens is 250 g/mol. The fourth-order valence-corrected chi connectivity index (χ4v) is 2.44. The Labute approximate surface area is 122 Å². The van der Waals surface area contributed by atoms with Crippen LogP contribution in [0.1, 0.15) is 20.3 Å². The molecular formula is C16H27N3O. The molecule has 2 N–H and O–H groups in total. The largest absolute Gasteiger partial charge is 0.399 e. The number of hydrogen-bond acceptors (Lipinski definition) is 4. The lowest BCUT2D eigenvalue weighted by Gasteiger charge is -2.37. The Kier molecular flexibility index (Phi) is 4.89. The van der Waals surface area contributed by atoms with E-state index in [1.165, 1.54) is 5.69 Å². The van der Waals surface area contributed by atoms with Crippen molar-refractivity contribution >= 4 is 11.4 Å². The molecule has 0 aliphatic carbocycles. The Hall–Kier alpha value is -1.26. The molecule has 0 amide bonds. The van der Waals surface area contributed by atoms with E-state index in [1.54, 1.807) is 7.11 Å². The summed E-state index contributed by atoms with van der Waals surface area (Å²) in [6.45, 7) is 9.80. The van der Waals surface area contributed by atoms with Crippen molar-refractivity contribution in [2.45, 2.75) is 25.9 Å². The first-order valence-corrected chi connectivity index (χ1v) is 7.38. The zero-order valence-electron chi connectivity index (χ0n) is 12.9. The van der Waals surface area contributed by atoms with Crippen LogP contribution < -0.4 is 10.6 Å². The van der Waals surface area contributed by atoms with Gasteiger partial charge >= 0.3 is 0 Å². The summed E-state index contributed by atoms with van der Waals surface area (Å²) in [5, 5.41) is 0. The van der Waals surface area contributed by atoms with Crippen LogP contribution in [0, 0.1) is 0 Å². The number of anilines is 2. The molecule has 0 atom stereocenters. The molecule has 20 heavy (non-hydrogen) atoms. The second-order valence-electron chi connectivity index (χ2n) is 6.13. The lowest BCUT2D eigenvalue weighted by atomic mass is 10.0. The average Bonchev–Trinajstić information content (AvgIpc) is 2.47. The summed E-state index contributed by atoms with van der Waals surface area (Å²) in [4.78, 5) is 4.95. The number of nitrogens with zero attached hydrogens (tertiary/aromatic N) is 2. The number of nitrogen functional groups attached to an aromatic ring is 1. The van der Waals surface area contributed by atoms with Crippen molar-refractivity contribution < 1.29 is 4.74 Å². The summed E-state index contributed by atoms with van der Waals surface area (Å²) in [6.07, 6.45) is 1.07. The van der Waals surface area contributed by atoms with E-state index >= 15 is 0 Å². The van der Waals surface area contributed by atoms with Crippen LogP contribution in [0.5, 0.6) is 0 Å². The number of piperazine rings is 1. The fourth-order valence-electron chi connectivity index (χ4n) is 2.44. The molecule has 0 radical (unpaired) electrons. The maximum atomic E-state index is 5.73. The van der Waals surface area contributed by atoms with Gasteiger partial charge in [0.2, 0.25) is 0 Å². The molecule has 0 unspecified atom stereocenters. The van der Waals surface area contributed by atoms with Gasteiger partial charge in [-0.05, 0) is 44.5 Å². The molecule has 1 aliphatic heterocycles. The highest BCUT2D eigenvalue weighted by molar-refractivity contribution is 5.53. The molecule has 0 aromatic heterocycles. The fraction of sp³-hybridized carbons (Fsp3) is 0.625. The summed E-state index contributed by atoms with van der Waals surface area (Å²) >= 11 is 0. The van der Waals surface area contributed by atoms with E-state index in [-0.39, 0.29) is 5.60 Å². The predicted octanol–water partition coefficient (Wildman–Crippen LogP) is 2.21. The minimum absolute atomic E-state index is 0.0198. The van der Waals surface area contributed by atoms with Gasteiger partial charge in [-0.3, -0.25) is 4.90 Å². The van der Waals surface area contributed by atoms with Crippen LogP contribution in [0.3, 0.4) is 0 Å². The summed E-state index contributed by atoms with van der Waals surface area (Å²) in [6, 6.07) is 8.17. The van der Waals surface area contributed by atoms with E-state index in [0.717, 1.165) is 44.8 Å². The van der Waals surface area contributed by atoms with Gasteiger partial charge in [0.15, 0.2) is 0 Å². The second-order valence-corrected chi connectivity index (χ2v) is 6.13. The molecule has 2 rings (SSSR count). The molecule has 1 aromatic rings. The molecule has 1 saturated heterocycles. The highest BCUT2D eigenvalue weighted by Gasteiger charge is 2.21.